The second-order valence-electron chi connectivity index (χ2n) is 5.65. The van der Waals surface area contributed by atoms with E-state index in [1.165, 1.54) is 16.3 Å². The van der Waals surface area contributed by atoms with Crippen molar-refractivity contribution in [2.24, 2.45) is 0 Å². The average Bonchev–Trinajstić information content (AvgIpc) is 2.62. The summed E-state index contributed by atoms with van der Waals surface area (Å²) < 4.78 is 0. The number of halogens is 2. The van der Waals surface area contributed by atoms with Crippen LogP contribution in [0.2, 0.25) is 0 Å². The maximum atomic E-state index is 4.99. The highest BCUT2D eigenvalue weighted by atomic mass is 35.5. The van der Waals surface area contributed by atoms with Crippen LogP contribution in [0.3, 0.4) is 0 Å². The SMILES string of the molecule is Cl.Cl.c1ccc(-c2nc(N3CCNCC3)cc3ccccc23)cc1. The number of fused-ring (bicyclic) bond motifs is 1. The Kier molecular flexibility index (Phi) is 6.44. The van der Waals surface area contributed by atoms with Crippen LogP contribution < -0.4 is 10.2 Å². The Labute approximate surface area is 154 Å². The number of nitrogens with one attached hydrogen (secondary N) is 1. The molecule has 1 aliphatic rings. The monoisotopic (exact) mass is 361 g/mol. The largest absolute Gasteiger partial charge is 0.354 e. The molecule has 1 aliphatic heterocycles. The zero-order valence-electron chi connectivity index (χ0n) is 13.3. The molecule has 1 N–H and O–H groups in total. The molecule has 5 heteroatoms. The van der Waals surface area contributed by atoms with E-state index in [-0.39, 0.29) is 24.8 Å². The predicted molar refractivity (Wildman–Crippen MR) is 107 cm³/mol. The van der Waals surface area contributed by atoms with Gasteiger partial charge in [0.15, 0.2) is 0 Å². The summed E-state index contributed by atoms with van der Waals surface area (Å²) in [5, 5.41) is 5.87. The van der Waals surface area contributed by atoms with Crippen molar-refractivity contribution in [2.45, 2.75) is 0 Å². The number of piperazine rings is 1. The number of pyridine rings is 1. The fourth-order valence-electron chi connectivity index (χ4n) is 3.06. The van der Waals surface area contributed by atoms with Crippen molar-refractivity contribution < 1.29 is 0 Å². The third-order valence-corrected chi connectivity index (χ3v) is 4.22. The number of hydrogen-bond acceptors (Lipinski definition) is 3. The number of rotatable bonds is 2. The number of nitrogens with zero attached hydrogens (tertiary/aromatic N) is 2. The van der Waals surface area contributed by atoms with Crippen LogP contribution in [-0.4, -0.2) is 31.2 Å². The molecule has 0 unspecified atom stereocenters. The lowest BCUT2D eigenvalue weighted by Gasteiger charge is -2.29. The summed E-state index contributed by atoms with van der Waals surface area (Å²) in [7, 11) is 0. The van der Waals surface area contributed by atoms with Crippen molar-refractivity contribution in [2.75, 3.05) is 31.1 Å². The molecular weight excluding hydrogens is 341 g/mol. The molecule has 0 spiro atoms. The molecule has 2 aromatic carbocycles. The molecule has 0 aliphatic carbocycles. The van der Waals surface area contributed by atoms with Crippen molar-refractivity contribution in [1.29, 1.82) is 0 Å². The molecule has 24 heavy (non-hydrogen) atoms. The van der Waals surface area contributed by atoms with E-state index >= 15 is 0 Å². The zero-order chi connectivity index (χ0) is 14.8. The Balaban J connectivity index is 0.00000104. The molecule has 1 fully saturated rings. The van der Waals surface area contributed by atoms with E-state index in [1.807, 2.05) is 6.07 Å². The maximum Gasteiger partial charge on any atom is 0.129 e. The van der Waals surface area contributed by atoms with Crippen LogP contribution in [0, 0.1) is 0 Å². The van der Waals surface area contributed by atoms with Gasteiger partial charge in [0.2, 0.25) is 0 Å². The molecule has 0 amide bonds. The summed E-state index contributed by atoms with van der Waals surface area (Å²) in [5.74, 6) is 1.08. The van der Waals surface area contributed by atoms with E-state index in [2.05, 4.69) is 64.8 Å². The highest BCUT2D eigenvalue weighted by molar-refractivity contribution is 5.96. The highest BCUT2D eigenvalue weighted by Gasteiger charge is 2.15. The first-order chi connectivity index (χ1) is 10.9. The normalized spacial score (nSPS) is 13.9. The number of aromatic nitrogens is 1. The molecule has 126 valence electrons. The molecule has 3 aromatic rings. The van der Waals surface area contributed by atoms with Crippen LogP contribution in [0.1, 0.15) is 0 Å². The lowest BCUT2D eigenvalue weighted by Crippen LogP contribution is -2.43. The number of benzene rings is 2. The lowest BCUT2D eigenvalue weighted by molar-refractivity contribution is 0.585. The molecule has 0 bridgehead atoms. The standard InChI is InChI=1S/C19H19N3.2ClH/c1-2-6-15(7-3-1)19-17-9-5-4-8-16(17)14-18(21-19)22-12-10-20-11-13-22;;/h1-9,14,20H,10-13H2;2*1H. The van der Waals surface area contributed by atoms with Crippen LogP contribution in [0.5, 0.6) is 0 Å². The van der Waals surface area contributed by atoms with Gasteiger partial charge in [-0.2, -0.15) is 0 Å². The fourth-order valence-corrected chi connectivity index (χ4v) is 3.06. The van der Waals surface area contributed by atoms with Crippen molar-refractivity contribution in [3.63, 3.8) is 0 Å². The summed E-state index contributed by atoms with van der Waals surface area (Å²) in [4.78, 5) is 7.36. The molecule has 3 nitrogen and oxygen atoms in total. The quantitative estimate of drug-likeness (QED) is 0.742. The van der Waals surface area contributed by atoms with Gasteiger partial charge < -0.3 is 10.2 Å². The van der Waals surface area contributed by atoms with Crippen LogP contribution in [0.25, 0.3) is 22.0 Å². The topological polar surface area (TPSA) is 28.2 Å². The molecular formula is C19H21Cl2N3. The van der Waals surface area contributed by atoms with Gasteiger partial charge in [0.25, 0.3) is 0 Å². The van der Waals surface area contributed by atoms with E-state index < -0.39 is 0 Å². The van der Waals surface area contributed by atoms with E-state index in [4.69, 9.17) is 4.98 Å². The van der Waals surface area contributed by atoms with Gasteiger partial charge in [0, 0.05) is 37.1 Å². The van der Waals surface area contributed by atoms with E-state index in [0.717, 1.165) is 37.7 Å². The van der Waals surface area contributed by atoms with Gasteiger partial charge in [0.05, 0.1) is 5.69 Å². The summed E-state index contributed by atoms with van der Waals surface area (Å²) in [6.07, 6.45) is 0. The van der Waals surface area contributed by atoms with Gasteiger partial charge in [0.1, 0.15) is 5.82 Å². The first-order valence-corrected chi connectivity index (χ1v) is 7.83. The maximum absolute atomic E-state index is 4.99. The second-order valence-corrected chi connectivity index (χ2v) is 5.65. The molecule has 1 aromatic heterocycles. The smallest absolute Gasteiger partial charge is 0.129 e. The first-order valence-electron chi connectivity index (χ1n) is 7.83. The van der Waals surface area contributed by atoms with Gasteiger partial charge in [-0.05, 0) is 11.5 Å². The molecule has 0 atom stereocenters. The van der Waals surface area contributed by atoms with E-state index in [9.17, 15) is 0 Å². The zero-order valence-corrected chi connectivity index (χ0v) is 14.9. The van der Waals surface area contributed by atoms with Crippen molar-refractivity contribution in [3.8, 4) is 11.3 Å². The van der Waals surface area contributed by atoms with Crippen LogP contribution in [0.4, 0.5) is 5.82 Å². The molecule has 2 heterocycles. The summed E-state index contributed by atoms with van der Waals surface area (Å²) in [6.45, 7) is 4.07. The van der Waals surface area contributed by atoms with Gasteiger partial charge in [-0.25, -0.2) is 4.98 Å². The minimum atomic E-state index is 0. The van der Waals surface area contributed by atoms with Crippen molar-refractivity contribution in [3.05, 3.63) is 60.7 Å². The Morgan fingerprint density at radius 1 is 0.833 bits per heavy atom. The Morgan fingerprint density at radius 2 is 1.50 bits per heavy atom. The van der Waals surface area contributed by atoms with Crippen molar-refractivity contribution in [1.82, 2.24) is 10.3 Å². The number of anilines is 1. The first kappa shape index (κ1) is 18.5. The van der Waals surface area contributed by atoms with Crippen molar-refractivity contribution >= 4 is 41.4 Å². The Hall–Kier alpha value is -1.81. The minimum Gasteiger partial charge on any atom is -0.354 e. The minimum absolute atomic E-state index is 0. The second kappa shape index (κ2) is 8.34. The fraction of sp³-hybridized carbons (Fsp3) is 0.211. The molecule has 4 rings (SSSR count). The average molecular weight is 362 g/mol. The Morgan fingerprint density at radius 3 is 2.25 bits per heavy atom. The van der Waals surface area contributed by atoms with E-state index in [1.54, 1.807) is 0 Å². The highest BCUT2D eigenvalue weighted by Crippen LogP contribution is 2.30. The third-order valence-electron chi connectivity index (χ3n) is 4.22. The van der Waals surface area contributed by atoms with Gasteiger partial charge in [-0.15, -0.1) is 24.8 Å². The number of hydrogen-bond donors (Lipinski definition) is 1. The summed E-state index contributed by atoms with van der Waals surface area (Å²) in [6, 6.07) is 21.2. The lowest BCUT2D eigenvalue weighted by atomic mass is 10.0. The molecule has 1 saturated heterocycles. The predicted octanol–water partition coefficient (Wildman–Crippen LogP) is 4.16. The molecule has 0 saturated carbocycles. The van der Waals surface area contributed by atoms with Crippen LogP contribution in [0.15, 0.2) is 60.7 Å². The van der Waals surface area contributed by atoms with Gasteiger partial charge >= 0.3 is 0 Å². The van der Waals surface area contributed by atoms with E-state index in [0.29, 0.717) is 0 Å². The van der Waals surface area contributed by atoms with Gasteiger partial charge in [-0.1, -0.05) is 54.6 Å². The summed E-state index contributed by atoms with van der Waals surface area (Å²) in [5.41, 5.74) is 2.25. The van der Waals surface area contributed by atoms with Crippen LogP contribution in [-0.2, 0) is 0 Å². The third kappa shape index (κ3) is 3.64. The van der Waals surface area contributed by atoms with Crippen LogP contribution >= 0.6 is 24.8 Å². The summed E-state index contributed by atoms with van der Waals surface area (Å²) >= 11 is 0. The molecule has 0 radical (unpaired) electrons. The Bertz CT molecular complexity index is 787. The van der Waals surface area contributed by atoms with Gasteiger partial charge in [-0.3, -0.25) is 0 Å².